The summed E-state index contributed by atoms with van der Waals surface area (Å²) in [5.41, 5.74) is 8.20. The number of rotatable bonds is 6. The van der Waals surface area contributed by atoms with Gasteiger partial charge in [0.15, 0.2) is 11.2 Å². The minimum atomic E-state index is -1.13. The highest BCUT2D eigenvalue weighted by Gasteiger charge is 2.36. The smallest absolute Gasteiger partial charge is 0.337 e. The van der Waals surface area contributed by atoms with Crippen molar-refractivity contribution >= 4 is 49.9 Å². The SMILES string of the molecule is Cc1nc(C)c(C(OC(C)(C)C)C(=O)O)c(N2CCC(C)(C)CC2)c1-c1ccc2c(c1)CCN(c1nc3c(Cl)cncc3s1)C2. The fourth-order valence-corrected chi connectivity index (χ4v) is 7.81. The van der Waals surface area contributed by atoms with Crippen molar-refractivity contribution in [2.24, 2.45) is 5.41 Å². The highest BCUT2D eigenvalue weighted by atomic mass is 35.5. The standard InChI is InChI=1S/C35H42ClN5O3S/c1-20-27(23-8-9-24-19-41(13-10-22(24)16-23)33-39-29-25(36)17-37-18-26(29)45-33)30(40-14-11-35(6,7)12-15-40)28(21(2)38-20)31(32(42)43)44-34(3,4)5/h8-9,16-18,31H,10-15,19H2,1-7H3,(H,42,43). The van der Waals surface area contributed by atoms with Gasteiger partial charge < -0.3 is 19.6 Å². The van der Waals surface area contributed by atoms with E-state index in [0.717, 1.165) is 83.3 Å². The zero-order valence-electron chi connectivity index (χ0n) is 27.2. The molecule has 0 spiro atoms. The molecule has 1 fully saturated rings. The van der Waals surface area contributed by atoms with Gasteiger partial charge in [0.1, 0.15) is 5.52 Å². The summed E-state index contributed by atoms with van der Waals surface area (Å²) in [6, 6.07) is 6.66. The second-order valence-corrected chi connectivity index (χ2v) is 15.6. The molecular formula is C35H42ClN5O3S. The number of aromatic nitrogens is 3. The van der Waals surface area contributed by atoms with Crippen molar-refractivity contribution in [2.75, 3.05) is 29.4 Å². The number of piperidine rings is 1. The van der Waals surface area contributed by atoms with E-state index >= 15 is 0 Å². The van der Waals surface area contributed by atoms with Crippen LogP contribution < -0.4 is 9.80 Å². The first-order valence-corrected chi connectivity index (χ1v) is 16.8. The van der Waals surface area contributed by atoms with Gasteiger partial charge in [0.25, 0.3) is 0 Å². The van der Waals surface area contributed by atoms with Crippen molar-refractivity contribution in [2.45, 2.75) is 86.0 Å². The lowest BCUT2D eigenvalue weighted by atomic mass is 9.81. The van der Waals surface area contributed by atoms with Crippen LogP contribution in [-0.4, -0.2) is 51.3 Å². The van der Waals surface area contributed by atoms with E-state index in [0.29, 0.717) is 16.3 Å². The summed E-state index contributed by atoms with van der Waals surface area (Å²) in [5, 5.41) is 12.0. The monoisotopic (exact) mass is 647 g/mol. The maximum absolute atomic E-state index is 12.8. The minimum Gasteiger partial charge on any atom is -0.479 e. The molecule has 2 aliphatic rings. The number of benzene rings is 1. The van der Waals surface area contributed by atoms with Gasteiger partial charge in [-0.1, -0.05) is 55.0 Å². The Morgan fingerprint density at radius 1 is 1.04 bits per heavy atom. The molecule has 10 heteroatoms. The molecule has 0 bridgehead atoms. The predicted molar refractivity (Wildman–Crippen MR) is 183 cm³/mol. The quantitative estimate of drug-likeness (QED) is 0.224. The summed E-state index contributed by atoms with van der Waals surface area (Å²) in [4.78, 5) is 31.5. The van der Waals surface area contributed by atoms with Crippen LogP contribution in [0.1, 0.15) is 81.6 Å². The lowest BCUT2D eigenvalue weighted by molar-refractivity contribution is -0.160. The zero-order valence-corrected chi connectivity index (χ0v) is 28.8. The van der Waals surface area contributed by atoms with Gasteiger partial charge in [-0.2, -0.15) is 0 Å². The third kappa shape index (κ3) is 6.40. The molecule has 0 saturated carbocycles. The highest BCUT2D eigenvalue weighted by Crippen LogP contribution is 2.45. The maximum Gasteiger partial charge on any atom is 0.337 e. The molecule has 5 heterocycles. The van der Waals surface area contributed by atoms with Gasteiger partial charge in [-0.3, -0.25) is 9.97 Å². The number of ether oxygens (including phenoxy) is 1. The Bertz CT molecular complexity index is 1770. The number of carboxylic acid groups (broad SMARTS) is 1. The molecule has 4 aromatic rings. The van der Waals surface area contributed by atoms with E-state index in [-0.39, 0.29) is 5.41 Å². The van der Waals surface area contributed by atoms with Crippen LogP contribution >= 0.6 is 22.9 Å². The number of hydrogen-bond donors (Lipinski definition) is 1. The van der Waals surface area contributed by atoms with Crippen molar-refractivity contribution < 1.29 is 14.6 Å². The van der Waals surface area contributed by atoms with Gasteiger partial charge in [0.05, 0.1) is 21.0 Å². The number of halogens is 1. The summed E-state index contributed by atoms with van der Waals surface area (Å²) in [6.45, 7) is 17.6. The van der Waals surface area contributed by atoms with Crippen LogP contribution in [0.5, 0.6) is 0 Å². The number of anilines is 2. The van der Waals surface area contributed by atoms with Crippen LogP contribution in [0.15, 0.2) is 30.6 Å². The van der Waals surface area contributed by atoms with E-state index in [1.54, 1.807) is 17.5 Å². The largest absolute Gasteiger partial charge is 0.479 e. The van der Waals surface area contributed by atoms with Gasteiger partial charge in [-0.15, -0.1) is 0 Å². The topological polar surface area (TPSA) is 91.7 Å². The molecular weight excluding hydrogens is 606 g/mol. The molecule has 0 aliphatic carbocycles. The zero-order chi connectivity index (χ0) is 32.3. The van der Waals surface area contributed by atoms with Crippen molar-refractivity contribution in [1.29, 1.82) is 0 Å². The Hall–Kier alpha value is -3.27. The molecule has 45 heavy (non-hydrogen) atoms. The van der Waals surface area contributed by atoms with Gasteiger partial charge in [-0.25, -0.2) is 9.78 Å². The Morgan fingerprint density at radius 3 is 2.44 bits per heavy atom. The molecule has 0 radical (unpaired) electrons. The van der Waals surface area contributed by atoms with Crippen LogP contribution in [0.25, 0.3) is 21.3 Å². The lowest BCUT2D eigenvalue weighted by Gasteiger charge is -2.41. The third-order valence-electron chi connectivity index (χ3n) is 9.00. The second kappa shape index (κ2) is 11.8. The maximum atomic E-state index is 12.8. The molecule has 6 rings (SSSR count). The van der Waals surface area contributed by atoms with Crippen LogP contribution in [0, 0.1) is 19.3 Å². The van der Waals surface area contributed by atoms with Crippen molar-refractivity contribution in [3.63, 3.8) is 0 Å². The Balaban J connectivity index is 1.42. The van der Waals surface area contributed by atoms with Gasteiger partial charge in [-0.05, 0) is 76.0 Å². The molecule has 1 N–H and O–H groups in total. The van der Waals surface area contributed by atoms with E-state index in [1.807, 2.05) is 40.8 Å². The number of aliphatic carboxylic acids is 1. The number of hydrogen-bond acceptors (Lipinski definition) is 8. The number of thiazole rings is 1. The number of nitrogens with zero attached hydrogens (tertiary/aromatic N) is 5. The second-order valence-electron chi connectivity index (χ2n) is 14.1. The molecule has 1 unspecified atom stereocenters. The van der Waals surface area contributed by atoms with Crippen LogP contribution in [0.2, 0.25) is 5.02 Å². The number of carboxylic acids is 1. The molecule has 1 atom stereocenters. The van der Waals surface area contributed by atoms with Gasteiger partial charge in [0, 0.05) is 61.1 Å². The predicted octanol–water partition coefficient (Wildman–Crippen LogP) is 8.15. The van der Waals surface area contributed by atoms with E-state index in [1.165, 1.54) is 11.1 Å². The molecule has 238 valence electrons. The molecule has 1 saturated heterocycles. The summed E-state index contributed by atoms with van der Waals surface area (Å²) >= 11 is 7.98. The van der Waals surface area contributed by atoms with Gasteiger partial charge in [0.2, 0.25) is 0 Å². The number of aryl methyl sites for hydroxylation is 2. The molecule has 0 amide bonds. The Kier molecular flexibility index (Phi) is 8.33. The fourth-order valence-electron chi connectivity index (χ4n) is 6.57. The average Bonchev–Trinajstić information content (AvgIpc) is 3.41. The normalized spacial score (nSPS) is 17.4. The fraction of sp³-hybridized carbons (Fsp3) is 0.486. The van der Waals surface area contributed by atoms with Crippen molar-refractivity contribution in [1.82, 2.24) is 15.0 Å². The van der Waals surface area contributed by atoms with Crippen molar-refractivity contribution in [3.05, 3.63) is 63.7 Å². The van der Waals surface area contributed by atoms with Crippen molar-refractivity contribution in [3.8, 4) is 11.1 Å². The average molecular weight is 648 g/mol. The van der Waals surface area contributed by atoms with E-state index in [2.05, 4.69) is 46.8 Å². The molecule has 3 aromatic heterocycles. The summed E-state index contributed by atoms with van der Waals surface area (Å²) in [6.07, 6.45) is 5.25. The molecule has 1 aromatic carbocycles. The Morgan fingerprint density at radius 2 is 1.78 bits per heavy atom. The summed E-state index contributed by atoms with van der Waals surface area (Å²) in [5.74, 6) is -0.999. The van der Waals surface area contributed by atoms with E-state index < -0.39 is 17.7 Å². The number of fused-ring (bicyclic) bond motifs is 2. The minimum absolute atomic E-state index is 0.241. The van der Waals surface area contributed by atoms with Crippen LogP contribution in [0.3, 0.4) is 0 Å². The first kappa shape index (κ1) is 31.7. The molecule has 8 nitrogen and oxygen atoms in total. The van der Waals surface area contributed by atoms with E-state index in [4.69, 9.17) is 26.3 Å². The first-order chi connectivity index (χ1) is 21.2. The van der Waals surface area contributed by atoms with E-state index in [9.17, 15) is 9.90 Å². The first-order valence-electron chi connectivity index (χ1n) is 15.6. The molecule has 2 aliphatic heterocycles. The number of pyridine rings is 2. The summed E-state index contributed by atoms with van der Waals surface area (Å²) in [7, 11) is 0. The summed E-state index contributed by atoms with van der Waals surface area (Å²) < 4.78 is 7.24. The van der Waals surface area contributed by atoms with Crippen LogP contribution in [0.4, 0.5) is 10.8 Å². The highest BCUT2D eigenvalue weighted by molar-refractivity contribution is 7.22. The Labute approximate surface area is 274 Å². The van der Waals surface area contributed by atoms with Gasteiger partial charge >= 0.3 is 5.97 Å². The van der Waals surface area contributed by atoms with Crippen LogP contribution in [-0.2, 0) is 22.5 Å². The lowest BCUT2D eigenvalue weighted by Crippen LogP contribution is -2.39. The number of carbonyl (C=O) groups is 1. The third-order valence-corrected chi connectivity index (χ3v) is 10.3.